The summed E-state index contributed by atoms with van der Waals surface area (Å²) in [5, 5.41) is 3.62. The van der Waals surface area contributed by atoms with Crippen LogP contribution in [0.4, 0.5) is 0 Å². The molecule has 0 fully saturated rings. The second-order valence-corrected chi connectivity index (χ2v) is 17.2. The van der Waals surface area contributed by atoms with Crippen LogP contribution in [0.25, 0.3) is 0 Å². The van der Waals surface area contributed by atoms with Gasteiger partial charge in [0.1, 0.15) is 0 Å². The molecule has 0 aromatic rings. The van der Waals surface area contributed by atoms with Crippen molar-refractivity contribution in [2.45, 2.75) is 76.9 Å². The van der Waals surface area contributed by atoms with E-state index in [4.69, 9.17) is 0 Å². The van der Waals surface area contributed by atoms with E-state index in [9.17, 15) is 0 Å². The minimum absolute atomic E-state index is 0.856. The van der Waals surface area contributed by atoms with Crippen molar-refractivity contribution in [1.29, 1.82) is 0 Å². The van der Waals surface area contributed by atoms with Gasteiger partial charge in [-0.25, -0.2) is 0 Å². The zero-order chi connectivity index (χ0) is 14.8. The predicted molar refractivity (Wildman–Crippen MR) is 96.6 cm³/mol. The molecule has 0 aliphatic rings. The average Bonchev–Trinajstić information content (AvgIpc) is 2.43. The molecule has 114 valence electrons. The first-order valence-corrected chi connectivity index (χ1v) is 14.4. The van der Waals surface area contributed by atoms with E-state index in [2.05, 4.69) is 51.5 Å². The highest BCUT2D eigenvalue weighted by atomic mass is 28.3. The first-order valence-electron chi connectivity index (χ1n) is 8.29. The van der Waals surface area contributed by atoms with Crippen molar-refractivity contribution in [2.24, 2.45) is 0 Å². The molecule has 0 atom stereocenters. The SMILES string of the molecule is C=C[Si](C)(C)CCNCCCC[Si](CC)(CC)CC. The van der Waals surface area contributed by atoms with Gasteiger partial charge >= 0.3 is 0 Å². The van der Waals surface area contributed by atoms with E-state index in [0.717, 1.165) is 0 Å². The minimum Gasteiger partial charge on any atom is -0.317 e. The molecule has 0 spiro atoms. The molecular formula is C16H37NSi2. The Morgan fingerprint density at radius 2 is 1.47 bits per heavy atom. The summed E-state index contributed by atoms with van der Waals surface area (Å²) in [7, 11) is -1.94. The van der Waals surface area contributed by atoms with Crippen molar-refractivity contribution in [3.8, 4) is 0 Å². The topological polar surface area (TPSA) is 12.0 Å². The van der Waals surface area contributed by atoms with E-state index in [1.54, 1.807) is 6.04 Å². The summed E-state index contributed by atoms with van der Waals surface area (Å²) >= 11 is 0. The summed E-state index contributed by atoms with van der Waals surface area (Å²) in [6, 6.07) is 7.31. The Bertz CT molecular complexity index is 227. The molecule has 0 aliphatic carbocycles. The third kappa shape index (κ3) is 8.10. The van der Waals surface area contributed by atoms with E-state index in [1.165, 1.54) is 50.1 Å². The summed E-state index contributed by atoms with van der Waals surface area (Å²) in [6.07, 6.45) is 2.81. The molecule has 0 unspecified atom stereocenters. The van der Waals surface area contributed by atoms with Crippen molar-refractivity contribution in [3.05, 3.63) is 12.3 Å². The first kappa shape index (κ1) is 19.1. The van der Waals surface area contributed by atoms with Crippen molar-refractivity contribution < 1.29 is 0 Å². The van der Waals surface area contributed by atoms with Crippen LogP contribution in [0.1, 0.15) is 33.6 Å². The largest absolute Gasteiger partial charge is 0.317 e. The number of rotatable bonds is 12. The zero-order valence-corrected chi connectivity index (χ0v) is 16.1. The summed E-state index contributed by atoms with van der Waals surface area (Å²) in [6.45, 7) is 18.4. The monoisotopic (exact) mass is 299 g/mol. The lowest BCUT2D eigenvalue weighted by atomic mass is 10.3. The molecule has 0 aromatic heterocycles. The Labute approximate surface area is 124 Å². The smallest absolute Gasteiger partial charge is 0.0722 e. The highest BCUT2D eigenvalue weighted by Gasteiger charge is 2.25. The molecule has 0 aromatic carbocycles. The van der Waals surface area contributed by atoms with Crippen LogP contribution in [0.5, 0.6) is 0 Å². The van der Waals surface area contributed by atoms with Gasteiger partial charge in [-0.3, -0.25) is 0 Å². The lowest BCUT2D eigenvalue weighted by molar-refractivity contribution is 0.655. The summed E-state index contributed by atoms with van der Waals surface area (Å²) < 4.78 is 0. The number of nitrogens with one attached hydrogen (secondary N) is 1. The molecule has 0 rings (SSSR count). The normalized spacial score (nSPS) is 12.7. The van der Waals surface area contributed by atoms with Gasteiger partial charge in [0, 0.05) is 0 Å². The molecule has 0 amide bonds. The van der Waals surface area contributed by atoms with Crippen LogP contribution in [0.2, 0.25) is 43.3 Å². The van der Waals surface area contributed by atoms with E-state index >= 15 is 0 Å². The van der Waals surface area contributed by atoms with Crippen LogP contribution in [0, 0.1) is 0 Å². The van der Waals surface area contributed by atoms with Crippen LogP contribution >= 0.6 is 0 Å². The highest BCUT2D eigenvalue weighted by Crippen LogP contribution is 2.26. The predicted octanol–water partition coefficient (Wildman–Crippen LogP) is 5.30. The van der Waals surface area contributed by atoms with E-state index in [0.29, 0.717) is 0 Å². The standard InChI is InChI=1S/C16H37NSi2/c1-7-18(5,6)16-14-17-13-11-12-15-19(8-2,9-3)10-4/h7,17H,1,8-16H2,2-6H3. The first-order chi connectivity index (χ1) is 8.95. The molecule has 19 heavy (non-hydrogen) atoms. The average molecular weight is 300 g/mol. The van der Waals surface area contributed by atoms with Gasteiger partial charge in [0.2, 0.25) is 0 Å². The minimum atomic E-state index is -1.08. The zero-order valence-electron chi connectivity index (χ0n) is 14.1. The van der Waals surface area contributed by atoms with Gasteiger partial charge in [0.25, 0.3) is 0 Å². The molecule has 1 nitrogen and oxygen atoms in total. The van der Waals surface area contributed by atoms with E-state index in [1.807, 2.05) is 0 Å². The fourth-order valence-electron chi connectivity index (χ4n) is 2.67. The number of hydrogen-bond acceptors (Lipinski definition) is 1. The van der Waals surface area contributed by atoms with Gasteiger partial charge in [-0.1, -0.05) is 64.5 Å². The van der Waals surface area contributed by atoms with Crippen molar-refractivity contribution >= 4 is 16.1 Å². The van der Waals surface area contributed by atoms with Gasteiger partial charge < -0.3 is 5.32 Å². The third-order valence-corrected chi connectivity index (χ3v) is 13.6. The Kier molecular flexibility index (Phi) is 10.0. The van der Waals surface area contributed by atoms with Gasteiger partial charge in [-0.15, -0.1) is 12.3 Å². The van der Waals surface area contributed by atoms with Crippen LogP contribution in [0.3, 0.4) is 0 Å². The Balaban J connectivity index is 3.63. The summed E-state index contributed by atoms with van der Waals surface area (Å²) in [4.78, 5) is 0. The second-order valence-electron chi connectivity index (χ2n) is 6.71. The maximum absolute atomic E-state index is 3.95. The lowest BCUT2D eigenvalue weighted by Gasteiger charge is -2.28. The molecule has 1 N–H and O–H groups in total. The van der Waals surface area contributed by atoms with Crippen molar-refractivity contribution in [1.82, 2.24) is 5.32 Å². The maximum atomic E-state index is 3.95. The maximum Gasteiger partial charge on any atom is 0.0722 e. The Hall–Kier alpha value is 0.134. The van der Waals surface area contributed by atoms with Crippen LogP contribution in [0.15, 0.2) is 12.3 Å². The Morgan fingerprint density at radius 3 is 1.95 bits per heavy atom. The molecule has 0 bridgehead atoms. The van der Waals surface area contributed by atoms with Gasteiger partial charge in [0.05, 0.1) is 16.1 Å². The molecule has 0 aliphatic heterocycles. The van der Waals surface area contributed by atoms with E-state index in [-0.39, 0.29) is 0 Å². The Morgan fingerprint density at radius 1 is 0.895 bits per heavy atom. The quantitative estimate of drug-likeness (QED) is 0.381. The van der Waals surface area contributed by atoms with Crippen molar-refractivity contribution in [2.75, 3.05) is 13.1 Å². The van der Waals surface area contributed by atoms with Gasteiger partial charge in [-0.2, -0.15) is 0 Å². The fourth-order valence-corrected chi connectivity index (χ4v) is 7.25. The van der Waals surface area contributed by atoms with Crippen LogP contribution in [-0.4, -0.2) is 29.2 Å². The lowest BCUT2D eigenvalue weighted by Crippen LogP contribution is -2.31. The molecule has 0 saturated heterocycles. The molecule has 0 radical (unpaired) electrons. The number of unbranched alkanes of at least 4 members (excludes halogenated alkanes) is 1. The fraction of sp³-hybridized carbons (Fsp3) is 0.875. The number of hydrogen-bond donors (Lipinski definition) is 1. The molecule has 0 heterocycles. The van der Waals surface area contributed by atoms with Crippen molar-refractivity contribution in [3.63, 3.8) is 0 Å². The van der Waals surface area contributed by atoms with E-state index < -0.39 is 16.1 Å². The second kappa shape index (κ2) is 9.95. The summed E-state index contributed by atoms with van der Waals surface area (Å²) in [5.74, 6) is 0. The van der Waals surface area contributed by atoms with Crippen LogP contribution in [-0.2, 0) is 0 Å². The molecule has 0 saturated carbocycles. The van der Waals surface area contributed by atoms with Gasteiger partial charge in [-0.05, 0) is 25.6 Å². The van der Waals surface area contributed by atoms with Gasteiger partial charge in [0.15, 0.2) is 0 Å². The molecule has 3 heteroatoms. The summed E-state index contributed by atoms with van der Waals surface area (Å²) in [5.41, 5.74) is 2.21. The van der Waals surface area contributed by atoms with Crippen LogP contribution < -0.4 is 5.32 Å². The highest BCUT2D eigenvalue weighted by molar-refractivity contribution is 6.82. The molecular weight excluding hydrogens is 262 g/mol. The third-order valence-electron chi connectivity index (χ3n) is 5.06.